The van der Waals surface area contributed by atoms with E-state index in [0.29, 0.717) is 5.56 Å². The van der Waals surface area contributed by atoms with Crippen molar-refractivity contribution < 1.29 is 14.6 Å². The summed E-state index contributed by atoms with van der Waals surface area (Å²) >= 11 is 0. The van der Waals surface area contributed by atoms with E-state index in [1.165, 1.54) is 10.8 Å². The SMILES string of the molecule is Cc1cn([C@H]2C[C@H](O)[C@@H](COCN=[N+]=[N-])O2)c(=O)[nH]c1=O. The molecule has 114 valence electrons. The molecule has 0 amide bonds. The Morgan fingerprint density at radius 3 is 3.14 bits per heavy atom. The third-order valence-corrected chi connectivity index (χ3v) is 3.15. The van der Waals surface area contributed by atoms with Gasteiger partial charge in [-0.15, -0.1) is 0 Å². The number of aryl methyl sites for hydroxylation is 1. The molecule has 2 rings (SSSR count). The summed E-state index contributed by atoms with van der Waals surface area (Å²) in [6, 6.07) is 0. The molecule has 1 aliphatic heterocycles. The van der Waals surface area contributed by atoms with Crippen molar-refractivity contribution in [2.75, 3.05) is 13.3 Å². The molecule has 0 saturated carbocycles. The van der Waals surface area contributed by atoms with Gasteiger partial charge in [-0.25, -0.2) is 4.79 Å². The van der Waals surface area contributed by atoms with Crippen molar-refractivity contribution in [1.82, 2.24) is 9.55 Å². The van der Waals surface area contributed by atoms with Crippen LogP contribution in [0.15, 0.2) is 20.9 Å². The minimum Gasteiger partial charge on any atom is -0.390 e. The molecule has 2 heterocycles. The summed E-state index contributed by atoms with van der Waals surface area (Å²) in [6.45, 7) is 1.44. The van der Waals surface area contributed by atoms with Crippen LogP contribution < -0.4 is 11.2 Å². The van der Waals surface area contributed by atoms with Gasteiger partial charge < -0.3 is 14.6 Å². The topological polar surface area (TPSA) is 142 Å². The summed E-state index contributed by atoms with van der Waals surface area (Å²) in [4.78, 5) is 27.8. The lowest BCUT2D eigenvalue weighted by molar-refractivity contribution is -0.0625. The zero-order chi connectivity index (χ0) is 15.4. The van der Waals surface area contributed by atoms with E-state index in [2.05, 4.69) is 15.0 Å². The average Bonchev–Trinajstić information content (AvgIpc) is 2.80. The molecule has 0 aliphatic carbocycles. The number of ether oxygens (including phenoxy) is 2. The Labute approximate surface area is 118 Å². The van der Waals surface area contributed by atoms with Crippen molar-refractivity contribution in [3.63, 3.8) is 0 Å². The van der Waals surface area contributed by atoms with Gasteiger partial charge in [-0.05, 0) is 12.5 Å². The van der Waals surface area contributed by atoms with Gasteiger partial charge in [0.25, 0.3) is 5.56 Å². The van der Waals surface area contributed by atoms with Gasteiger partial charge in [0.2, 0.25) is 0 Å². The van der Waals surface area contributed by atoms with E-state index in [9.17, 15) is 14.7 Å². The van der Waals surface area contributed by atoms with Crippen LogP contribution >= 0.6 is 0 Å². The summed E-state index contributed by atoms with van der Waals surface area (Å²) < 4.78 is 11.8. The molecule has 1 aliphatic rings. The van der Waals surface area contributed by atoms with Gasteiger partial charge in [0.05, 0.1) is 12.7 Å². The molecule has 1 aromatic heterocycles. The normalized spacial score (nSPS) is 24.8. The van der Waals surface area contributed by atoms with Crippen LogP contribution in [0.25, 0.3) is 10.4 Å². The van der Waals surface area contributed by atoms with Crippen molar-refractivity contribution in [1.29, 1.82) is 0 Å². The summed E-state index contributed by atoms with van der Waals surface area (Å²) in [7, 11) is 0. The third kappa shape index (κ3) is 3.50. The molecule has 10 nitrogen and oxygen atoms in total. The molecular weight excluding hydrogens is 282 g/mol. The predicted molar refractivity (Wildman–Crippen MR) is 70.6 cm³/mol. The molecule has 1 saturated heterocycles. The van der Waals surface area contributed by atoms with Gasteiger partial charge in [-0.2, -0.15) is 0 Å². The Kier molecular flexibility index (Phi) is 4.76. The van der Waals surface area contributed by atoms with Gasteiger partial charge in [-0.1, -0.05) is 5.11 Å². The highest BCUT2D eigenvalue weighted by atomic mass is 16.6. The molecule has 0 spiro atoms. The number of aromatic nitrogens is 2. The number of hydrogen-bond donors (Lipinski definition) is 2. The van der Waals surface area contributed by atoms with Crippen molar-refractivity contribution in [2.24, 2.45) is 5.11 Å². The number of aromatic amines is 1. The highest BCUT2D eigenvalue weighted by molar-refractivity contribution is 5.02. The van der Waals surface area contributed by atoms with Crippen LogP contribution in [0.2, 0.25) is 0 Å². The zero-order valence-electron chi connectivity index (χ0n) is 11.3. The van der Waals surface area contributed by atoms with Gasteiger partial charge >= 0.3 is 5.69 Å². The molecule has 0 unspecified atom stereocenters. The Morgan fingerprint density at radius 1 is 1.67 bits per heavy atom. The highest BCUT2D eigenvalue weighted by Crippen LogP contribution is 2.27. The van der Waals surface area contributed by atoms with Crippen molar-refractivity contribution in [3.05, 3.63) is 43.0 Å². The minimum absolute atomic E-state index is 0.0355. The van der Waals surface area contributed by atoms with E-state index in [-0.39, 0.29) is 19.8 Å². The maximum Gasteiger partial charge on any atom is 0.330 e. The van der Waals surface area contributed by atoms with E-state index in [1.807, 2.05) is 0 Å². The zero-order valence-corrected chi connectivity index (χ0v) is 11.3. The summed E-state index contributed by atoms with van der Waals surface area (Å²) in [6.07, 6.45) is -0.553. The first kappa shape index (κ1) is 15.3. The van der Waals surface area contributed by atoms with Crippen molar-refractivity contribution in [3.8, 4) is 0 Å². The smallest absolute Gasteiger partial charge is 0.330 e. The van der Waals surface area contributed by atoms with Crippen molar-refractivity contribution in [2.45, 2.75) is 31.8 Å². The Bertz CT molecular complexity index is 662. The summed E-state index contributed by atoms with van der Waals surface area (Å²) in [5.41, 5.74) is 7.43. The number of nitrogens with one attached hydrogen (secondary N) is 1. The first-order valence-electron chi connectivity index (χ1n) is 6.27. The van der Waals surface area contributed by atoms with Crippen LogP contribution in [0, 0.1) is 6.92 Å². The largest absolute Gasteiger partial charge is 0.390 e. The van der Waals surface area contributed by atoms with Crippen LogP contribution in [0.1, 0.15) is 18.2 Å². The Balaban J connectivity index is 2.07. The molecule has 1 fully saturated rings. The van der Waals surface area contributed by atoms with Crippen LogP contribution in [-0.2, 0) is 9.47 Å². The van der Waals surface area contributed by atoms with Crippen LogP contribution in [0.3, 0.4) is 0 Å². The Hall–Kier alpha value is -2.13. The number of aliphatic hydroxyl groups excluding tert-OH is 1. The van der Waals surface area contributed by atoms with E-state index in [4.69, 9.17) is 15.0 Å². The van der Waals surface area contributed by atoms with Gasteiger partial charge in [0, 0.05) is 23.1 Å². The number of hydrogen-bond acceptors (Lipinski definition) is 6. The molecule has 0 radical (unpaired) electrons. The number of aliphatic hydroxyl groups is 1. The van der Waals surface area contributed by atoms with Gasteiger partial charge in [0.1, 0.15) is 19.1 Å². The number of H-pyrrole nitrogens is 1. The second-order valence-corrected chi connectivity index (χ2v) is 4.64. The third-order valence-electron chi connectivity index (χ3n) is 3.15. The molecular formula is C11H15N5O5. The van der Waals surface area contributed by atoms with E-state index >= 15 is 0 Å². The maximum atomic E-state index is 11.8. The van der Waals surface area contributed by atoms with Crippen LogP contribution in [-0.4, -0.2) is 40.2 Å². The molecule has 21 heavy (non-hydrogen) atoms. The molecule has 1 aromatic rings. The molecule has 0 aromatic carbocycles. The second-order valence-electron chi connectivity index (χ2n) is 4.64. The lowest BCUT2D eigenvalue weighted by Gasteiger charge is -2.16. The standard InChI is InChI=1S/C11H15N5O5/c1-6-3-16(11(19)14-10(6)18)9-2-7(17)8(21-9)4-20-5-13-15-12/h3,7-9,17H,2,4-5H2,1H3,(H,14,18,19)/t7-,8+,9+/m0/s1. The maximum absolute atomic E-state index is 11.8. The van der Waals surface area contributed by atoms with Gasteiger partial charge in [-0.3, -0.25) is 14.3 Å². The molecule has 3 atom stereocenters. The van der Waals surface area contributed by atoms with Crippen molar-refractivity contribution >= 4 is 0 Å². The average molecular weight is 297 g/mol. The van der Waals surface area contributed by atoms with E-state index in [0.717, 1.165) is 0 Å². The first-order valence-corrected chi connectivity index (χ1v) is 6.27. The monoisotopic (exact) mass is 297 g/mol. The highest BCUT2D eigenvalue weighted by Gasteiger charge is 2.35. The van der Waals surface area contributed by atoms with E-state index < -0.39 is 29.7 Å². The fourth-order valence-corrected chi connectivity index (χ4v) is 2.07. The predicted octanol–water partition coefficient (Wildman–Crippen LogP) is -0.222. The number of azide groups is 1. The lowest BCUT2D eigenvalue weighted by Crippen LogP contribution is -2.33. The number of nitrogens with zero attached hydrogens (tertiary/aromatic N) is 4. The molecule has 0 bridgehead atoms. The number of rotatable bonds is 5. The first-order chi connectivity index (χ1) is 10.0. The van der Waals surface area contributed by atoms with Gasteiger partial charge in [0.15, 0.2) is 0 Å². The minimum atomic E-state index is -0.819. The second kappa shape index (κ2) is 6.55. The molecule has 2 N–H and O–H groups in total. The van der Waals surface area contributed by atoms with Crippen LogP contribution in [0.5, 0.6) is 0 Å². The summed E-state index contributed by atoms with van der Waals surface area (Å²) in [5.74, 6) is 0. The lowest BCUT2D eigenvalue weighted by atomic mass is 10.2. The van der Waals surface area contributed by atoms with E-state index in [1.54, 1.807) is 6.92 Å². The molecule has 10 heteroatoms. The fraction of sp³-hybridized carbons (Fsp3) is 0.636. The Morgan fingerprint density at radius 2 is 2.43 bits per heavy atom. The summed E-state index contributed by atoms with van der Waals surface area (Å²) in [5, 5.41) is 13.1. The van der Waals surface area contributed by atoms with Crippen LogP contribution in [0.4, 0.5) is 0 Å². The fourth-order valence-electron chi connectivity index (χ4n) is 2.07. The quantitative estimate of drug-likeness (QED) is 0.334.